The van der Waals surface area contributed by atoms with Gasteiger partial charge in [-0.25, -0.2) is 4.98 Å². The molecule has 6 nitrogen and oxygen atoms in total. The summed E-state index contributed by atoms with van der Waals surface area (Å²) in [6, 6.07) is 18.3. The fourth-order valence-corrected chi connectivity index (χ4v) is 3.29. The van der Waals surface area contributed by atoms with E-state index in [1.165, 1.54) is 0 Å². The molecule has 0 fully saturated rings. The number of fused-ring (bicyclic) bond motifs is 1. The van der Waals surface area contributed by atoms with Gasteiger partial charge in [-0.2, -0.15) is 9.61 Å². The molecule has 0 saturated heterocycles. The highest BCUT2D eigenvalue weighted by Gasteiger charge is 2.11. The van der Waals surface area contributed by atoms with Crippen LogP contribution in [0.2, 0.25) is 0 Å². The highest BCUT2D eigenvalue weighted by molar-refractivity contribution is 9.10. The van der Waals surface area contributed by atoms with Crippen LogP contribution in [0.25, 0.3) is 16.9 Å². The van der Waals surface area contributed by atoms with Crippen molar-refractivity contribution in [1.29, 1.82) is 0 Å². The summed E-state index contributed by atoms with van der Waals surface area (Å²) < 4.78 is 24.5. The molecular formula is C18H12BrN4O2S-. The van der Waals surface area contributed by atoms with Crippen molar-refractivity contribution in [3.63, 3.8) is 0 Å². The zero-order chi connectivity index (χ0) is 18.1. The number of nitrogens with one attached hydrogen (secondary N) is 1. The van der Waals surface area contributed by atoms with Crippen LogP contribution in [0.1, 0.15) is 0 Å². The van der Waals surface area contributed by atoms with Gasteiger partial charge < -0.3 is 9.87 Å². The summed E-state index contributed by atoms with van der Waals surface area (Å²) in [4.78, 5) is 4.91. The molecule has 0 bridgehead atoms. The molecule has 2 heterocycles. The molecule has 0 aliphatic rings. The van der Waals surface area contributed by atoms with Gasteiger partial charge in [0.25, 0.3) is 0 Å². The Morgan fingerprint density at radius 1 is 1.08 bits per heavy atom. The quantitative estimate of drug-likeness (QED) is 0.494. The minimum absolute atomic E-state index is 0.238. The number of benzene rings is 2. The average Bonchev–Trinajstić information content (AvgIpc) is 3.04. The lowest BCUT2D eigenvalue weighted by atomic mass is 10.1. The number of nitrogens with zero attached hydrogens (tertiary/aromatic N) is 3. The molecule has 26 heavy (non-hydrogen) atoms. The smallest absolute Gasteiger partial charge is 0.172 e. The fourth-order valence-electron chi connectivity index (χ4n) is 2.58. The molecule has 130 valence electrons. The maximum absolute atomic E-state index is 11.0. The van der Waals surface area contributed by atoms with Crippen molar-refractivity contribution < 1.29 is 8.76 Å². The second-order valence-corrected chi connectivity index (χ2v) is 7.30. The average molecular weight is 428 g/mol. The van der Waals surface area contributed by atoms with Crippen molar-refractivity contribution in [2.75, 3.05) is 5.32 Å². The van der Waals surface area contributed by atoms with Gasteiger partial charge in [0, 0.05) is 22.2 Å². The zero-order valence-electron chi connectivity index (χ0n) is 13.3. The normalized spacial score (nSPS) is 12.2. The summed E-state index contributed by atoms with van der Waals surface area (Å²) in [5.74, 6) is 0.718. The van der Waals surface area contributed by atoms with E-state index in [1.807, 2.05) is 36.4 Å². The molecule has 0 saturated carbocycles. The van der Waals surface area contributed by atoms with Gasteiger partial charge in [-0.1, -0.05) is 30.3 Å². The molecule has 8 heteroatoms. The molecule has 2 aromatic carbocycles. The van der Waals surface area contributed by atoms with Crippen molar-refractivity contribution in [2.24, 2.45) is 0 Å². The van der Waals surface area contributed by atoms with Gasteiger partial charge in [-0.3, -0.25) is 4.21 Å². The predicted octanol–water partition coefficient (Wildman–Crippen LogP) is 4.14. The molecule has 4 rings (SSSR count). The van der Waals surface area contributed by atoms with E-state index in [0.29, 0.717) is 5.65 Å². The SMILES string of the molecule is O=S([O-])c1ccc(Nc2cc(-c3ccccc3)nc3c(Br)cnn23)cc1. The molecule has 1 atom stereocenters. The van der Waals surface area contributed by atoms with Gasteiger partial charge in [-0.15, -0.1) is 0 Å². The van der Waals surface area contributed by atoms with Crippen LogP contribution in [-0.4, -0.2) is 23.4 Å². The monoisotopic (exact) mass is 427 g/mol. The maximum Gasteiger partial charge on any atom is 0.172 e. The Morgan fingerprint density at radius 3 is 2.50 bits per heavy atom. The zero-order valence-corrected chi connectivity index (χ0v) is 15.7. The number of hydrogen-bond acceptors (Lipinski definition) is 5. The summed E-state index contributed by atoms with van der Waals surface area (Å²) >= 11 is 1.23. The molecular weight excluding hydrogens is 416 g/mol. The number of rotatable bonds is 4. The molecule has 0 spiro atoms. The van der Waals surface area contributed by atoms with Crippen LogP contribution in [0.5, 0.6) is 0 Å². The molecule has 2 aromatic heterocycles. The third-order valence-corrected chi connectivity index (χ3v) is 5.03. The van der Waals surface area contributed by atoms with Crippen LogP contribution in [-0.2, 0) is 11.1 Å². The fraction of sp³-hybridized carbons (Fsp3) is 0. The Balaban J connectivity index is 1.79. The lowest BCUT2D eigenvalue weighted by Gasteiger charge is -2.12. The molecule has 1 N–H and O–H groups in total. The van der Waals surface area contributed by atoms with Gasteiger partial charge in [-0.05, 0) is 51.3 Å². The van der Waals surface area contributed by atoms with Crippen LogP contribution >= 0.6 is 15.9 Å². The standard InChI is InChI=1S/C18H13BrN4O2S/c19-15-11-20-23-17(21-13-6-8-14(9-7-13)26(24)25)10-16(22-18(15)23)12-4-2-1-3-5-12/h1-11,21H,(H,24,25)/p-1. The largest absolute Gasteiger partial charge is 0.768 e. The second-order valence-electron chi connectivity index (χ2n) is 5.50. The van der Waals surface area contributed by atoms with Crippen LogP contribution in [0, 0.1) is 0 Å². The topological polar surface area (TPSA) is 82.3 Å². The van der Waals surface area contributed by atoms with Gasteiger partial charge >= 0.3 is 0 Å². The Kier molecular flexibility index (Phi) is 4.54. The van der Waals surface area contributed by atoms with Gasteiger partial charge in [0.05, 0.1) is 16.4 Å². The van der Waals surface area contributed by atoms with E-state index in [-0.39, 0.29) is 4.90 Å². The van der Waals surface area contributed by atoms with Gasteiger partial charge in [0.15, 0.2) is 5.65 Å². The molecule has 0 aliphatic carbocycles. The summed E-state index contributed by atoms with van der Waals surface area (Å²) in [5, 5.41) is 7.62. The Bertz CT molecular complexity index is 1100. The molecule has 0 radical (unpaired) electrons. The van der Waals surface area contributed by atoms with Crippen LogP contribution in [0.15, 0.2) is 76.2 Å². The van der Waals surface area contributed by atoms with Crippen molar-refractivity contribution >= 4 is 44.2 Å². The first kappa shape index (κ1) is 16.9. The van der Waals surface area contributed by atoms with E-state index in [4.69, 9.17) is 0 Å². The Morgan fingerprint density at radius 2 is 1.81 bits per heavy atom. The summed E-state index contributed by atoms with van der Waals surface area (Å²) in [6.07, 6.45) is 1.69. The van der Waals surface area contributed by atoms with E-state index in [9.17, 15) is 8.76 Å². The van der Waals surface area contributed by atoms with Crippen molar-refractivity contribution in [1.82, 2.24) is 14.6 Å². The summed E-state index contributed by atoms with van der Waals surface area (Å²) in [6.45, 7) is 0. The number of halogens is 1. The second kappa shape index (κ2) is 6.99. The van der Waals surface area contributed by atoms with E-state index in [2.05, 4.69) is 31.3 Å². The number of aromatic nitrogens is 3. The van der Waals surface area contributed by atoms with E-state index in [0.717, 1.165) is 27.2 Å². The van der Waals surface area contributed by atoms with E-state index >= 15 is 0 Å². The minimum atomic E-state index is -2.24. The van der Waals surface area contributed by atoms with Crippen molar-refractivity contribution in [2.45, 2.75) is 4.90 Å². The third kappa shape index (κ3) is 3.26. The number of anilines is 2. The first-order valence-corrected chi connectivity index (χ1v) is 9.55. The molecule has 1 unspecified atom stereocenters. The van der Waals surface area contributed by atoms with Crippen molar-refractivity contribution in [3.8, 4) is 11.3 Å². The molecule has 0 amide bonds. The summed E-state index contributed by atoms with van der Waals surface area (Å²) in [5.41, 5.74) is 3.23. The van der Waals surface area contributed by atoms with Crippen LogP contribution < -0.4 is 5.32 Å². The first-order valence-electron chi connectivity index (χ1n) is 7.68. The lowest BCUT2D eigenvalue weighted by molar-refractivity contribution is 0.537. The van der Waals surface area contributed by atoms with Crippen molar-refractivity contribution in [3.05, 3.63) is 71.3 Å². The van der Waals surface area contributed by atoms with Gasteiger partial charge in [0.1, 0.15) is 5.82 Å². The van der Waals surface area contributed by atoms with Crippen LogP contribution in [0.3, 0.4) is 0 Å². The minimum Gasteiger partial charge on any atom is -0.768 e. The van der Waals surface area contributed by atoms with Gasteiger partial charge in [0.2, 0.25) is 0 Å². The predicted molar refractivity (Wildman–Crippen MR) is 103 cm³/mol. The Hall–Kier alpha value is -2.55. The van der Waals surface area contributed by atoms with E-state index in [1.54, 1.807) is 35.0 Å². The highest BCUT2D eigenvalue weighted by atomic mass is 79.9. The first-order chi connectivity index (χ1) is 12.6. The van der Waals surface area contributed by atoms with E-state index < -0.39 is 11.1 Å². The maximum atomic E-state index is 11.0. The summed E-state index contributed by atoms with van der Waals surface area (Å²) in [7, 11) is 0. The number of hydrogen-bond donors (Lipinski definition) is 1. The third-order valence-electron chi connectivity index (χ3n) is 3.82. The lowest BCUT2D eigenvalue weighted by Crippen LogP contribution is -2.02. The molecule has 0 aliphatic heterocycles. The Labute approximate surface area is 160 Å². The molecule has 4 aromatic rings. The highest BCUT2D eigenvalue weighted by Crippen LogP contribution is 2.27. The van der Waals surface area contributed by atoms with Crippen LogP contribution in [0.4, 0.5) is 11.5 Å².